The molecule has 7 heteroatoms. The lowest BCUT2D eigenvalue weighted by Crippen LogP contribution is -2.37. The van der Waals surface area contributed by atoms with Gasteiger partial charge in [0.05, 0.1) is 12.7 Å². The van der Waals surface area contributed by atoms with Crippen molar-refractivity contribution in [3.63, 3.8) is 0 Å². The molecule has 0 aliphatic carbocycles. The molecular formula is C10H21O6P. The fourth-order valence-corrected chi connectivity index (χ4v) is 2.71. The molecule has 102 valence electrons. The lowest BCUT2D eigenvalue weighted by atomic mass is 10.1. The Morgan fingerprint density at radius 2 is 1.88 bits per heavy atom. The van der Waals surface area contributed by atoms with Gasteiger partial charge in [-0.3, -0.25) is 9.09 Å². The molecule has 0 radical (unpaired) electrons. The van der Waals surface area contributed by atoms with Crippen LogP contribution in [-0.2, 0) is 27.8 Å². The maximum atomic E-state index is 11.9. The minimum Gasteiger partial charge on any atom is -0.382 e. The molecule has 1 aliphatic rings. The van der Waals surface area contributed by atoms with Crippen LogP contribution in [0.1, 0.15) is 6.92 Å². The van der Waals surface area contributed by atoms with E-state index in [-0.39, 0.29) is 18.3 Å². The molecule has 1 aliphatic heterocycles. The number of rotatable bonds is 6. The zero-order valence-electron chi connectivity index (χ0n) is 10.9. The molecule has 0 N–H and O–H groups in total. The highest BCUT2D eigenvalue weighted by molar-refractivity contribution is 7.52. The largest absolute Gasteiger partial charge is 0.382 e. The lowest BCUT2D eigenvalue weighted by molar-refractivity contribution is -0.0252. The van der Waals surface area contributed by atoms with Crippen LogP contribution in [0, 0.1) is 0 Å². The third-order valence-electron chi connectivity index (χ3n) is 2.79. The zero-order chi connectivity index (χ0) is 13.1. The summed E-state index contributed by atoms with van der Waals surface area (Å²) in [7, 11) is 1.43. The molecule has 5 atom stereocenters. The number of methoxy groups -OCH3 is 2. The van der Waals surface area contributed by atoms with Crippen LogP contribution in [-0.4, -0.2) is 59.0 Å². The SMILES string of the molecule is COC[C@H]1O[C@@H](C)C(OC)[C@H]1OP(C)(=O)OC. The van der Waals surface area contributed by atoms with Gasteiger partial charge in [0, 0.05) is 28.0 Å². The van der Waals surface area contributed by atoms with Gasteiger partial charge in [-0.1, -0.05) is 0 Å². The van der Waals surface area contributed by atoms with Crippen molar-refractivity contribution >= 4 is 7.60 Å². The van der Waals surface area contributed by atoms with Gasteiger partial charge < -0.3 is 18.7 Å². The van der Waals surface area contributed by atoms with Crippen molar-refractivity contribution in [2.75, 3.05) is 34.6 Å². The van der Waals surface area contributed by atoms with E-state index in [2.05, 4.69) is 0 Å². The van der Waals surface area contributed by atoms with Gasteiger partial charge in [0.1, 0.15) is 18.3 Å². The van der Waals surface area contributed by atoms with Crippen LogP contribution in [0.25, 0.3) is 0 Å². The fourth-order valence-electron chi connectivity index (χ4n) is 1.93. The molecule has 1 fully saturated rings. The maximum absolute atomic E-state index is 11.9. The number of hydrogen-bond donors (Lipinski definition) is 0. The van der Waals surface area contributed by atoms with Crippen molar-refractivity contribution in [2.45, 2.75) is 31.3 Å². The topological polar surface area (TPSA) is 63.2 Å². The first-order valence-corrected chi connectivity index (χ1v) is 7.43. The molecule has 0 aromatic heterocycles. The Morgan fingerprint density at radius 1 is 1.24 bits per heavy atom. The van der Waals surface area contributed by atoms with Crippen LogP contribution in [0.4, 0.5) is 0 Å². The predicted octanol–water partition coefficient (Wildman–Crippen LogP) is 1.29. The first kappa shape index (κ1) is 15.1. The summed E-state index contributed by atoms with van der Waals surface area (Å²) < 4.78 is 38.2. The number of ether oxygens (including phenoxy) is 3. The van der Waals surface area contributed by atoms with E-state index in [1.165, 1.54) is 13.8 Å². The number of hydrogen-bond acceptors (Lipinski definition) is 6. The summed E-state index contributed by atoms with van der Waals surface area (Å²) in [5.41, 5.74) is 0. The Hall–Kier alpha value is 0.0300. The van der Waals surface area contributed by atoms with E-state index in [0.717, 1.165) is 0 Å². The standard InChI is InChI=1S/C10H21O6P/c1-7-9(13-3)10(8(15-7)6-12-2)16-17(5,11)14-4/h7-10H,6H2,1-5H3/t7-,8+,9?,10-,17?/m0/s1. The van der Waals surface area contributed by atoms with E-state index in [1.807, 2.05) is 6.92 Å². The molecule has 2 unspecified atom stereocenters. The quantitative estimate of drug-likeness (QED) is 0.676. The Bertz CT molecular complexity index is 284. The first-order valence-electron chi connectivity index (χ1n) is 5.44. The highest BCUT2D eigenvalue weighted by Crippen LogP contribution is 2.47. The summed E-state index contributed by atoms with van der Waals surface area (Å²) in [5, 5.41) is 0. The fraction of sp³-hybridized carbons (Fsp3) is 1.00. The minimum absolute atomic E-state index is 0.137. The van der Waals surface area contributed by atoms with E-state index < -0.39 is 13.7 Å². The molecule has 1 rings (SSSR count). The summed E-state index contributed by atoms with van der Waals surface area (Å²) in [6.45, 7) is 3.67. The van der Waals surface area contributed by atoms with Crippen molar-refractivity contribution in [3.8, 4) is 0 Å². The molecule has 1 heterocycles. The second-order valence-electron chi connectivity index (χ2n) is 4.06. The summed E-state index contributed by atoms with van der Waals surface area (Å²) in [6.07, 6.45) is -1.17. The predicted molar refractivity (Wildman–Crippen MR) is 62.4 cm³/mol. The van der Waals surface area contributed by atoms with Crippen LogP contribution in [0.15, 0.2) is 0 Å². The second-order valence-corrected chi connectivity index (χ2v) is 6.18. The molecule has 0 saturated carbocycles. The molecule has 0 aromatic rings. The smallest absolute Gasteiger partial charge is 0.327 e. The Kier molecular flexibility index (Phi) is 5.57. The zero-order valence-corrected chi connectivity index (χ0v) is 11.8. The van der Waals surface area contributed by atoms with Crippen LogP contribution in [0.5, 0.6) is 0 Å². The highest BCUT2D eigenvalue weighted by atomic mass is 31.2. The summed E-state index contributed by atoms with van der Waals surface area (Å²) >= 11 is 0. The van der Waals surface area contributed by atoms with E-state index in [0.29, 0.717) is 6.61 Å². The van der Waals surface area contributed by atoms with E-state index >= 15 is 0 Å². The van der Waals surface area contributed by atoms with Crippen LogP contribution in [0.3, 0.4) is 0 Å². The van der Waals surface area contributed by atoms with Crippen LogP contribution < -0.4 is 0 Å². The molecule has 0 spiro atoms. The van der Waals surface area contributed by atoms with Crippen molar-refractivity contribution < 1.29 is 27.8 Å². The van der Waals surface area contributed by atoms with Crippen molar-refractivity contribution in [1.82, 2.24) is 0 Å². The molecule has 6 nitrogen and oxygen atoms in total. The van der Waals surface area contributed by atoms with Crippen molar-refractivity contribution in [3.05, 3.63) is 0 Å². The Labute approximate surface area is 102 Å². The van der Waals surface area contributed by atoms with E-state index in [9.17, 15) is 4.57 Å². The average Bonchev–Trinajstić information content (AvgIpc) is 2.55. The normalized spacial score (nSPS) is 37.0. The monoisotopic (exact) mass is 268 g/mol. The van der Waals surface area contributed by atoms with E-state index in [1.54, 1.807) is 14.2 Å². The molecular weight excluding hydrogens is 247 g/mol. The molecule has 0 bridgehead atoms. The van der Waals surface area contributed by atoms with Gasteiger partial charge in [-0.05, 0) is 6.92 Å². The van der Waals surface area contributed by atoms with Gasteiger partial charge in [0.2, 0.25) is 0 Å². The molecule has 0 aromatic carbocycles. The molecule has 1 saturated heterocycles. The second kappa shape index (κ2) is 6.27. The molecule has 17 heavy (non-hydrogen) atoms. The Morgan fingerprint density at radius 3 is 2.35 bits per heavy atom. The molecule has 0 amide bonds. The summed E-state index contributed by atoms with van der Waals surface area (Å²) in [4.78, 5) is 0. The third-order valence-corrected chi connectivity index (χ3v) is 4.08. The van der Waals surface area contributed by atoms with Gasteiger partial charge in [0.15, 0.2) is 0 Å². The highest BCUT2D eigenvalue weighted by Gasteiger charge is 2.46. The average molecular weight is 268 g/mol. The van der Waals surface area contributed by atoms with Gasteiger partial charge >= 0.3 is 7.60 Å². The van der Waals surface area contributed by atoms with Gasteiger partial charge in [-0.15, -0.1) is 0 Å². The summed E-state index contributed by atoms with van der Waals surface area (Å²) in [6, 6.07) is 0. The van der Waals surface area contributed by atoms with Crippen LogP contribution >= 0.6 is 7.60 Å². The van der Waals surface area contributed by atoms with Gasteiger partial charge in [-0.25, -0.2) is 0 Å². The van der Waals surface area contributed by atoms with Gasteiger partial charge in [0.25, 0.3) is 0 Å². The van der Waals surface area contributed by atoms with Crippen LogP contribution in [0.2, 0.25) is 0 Å². The van der Waals surface area contributed by atoms with E-state index in [4.69, 9.17) is 23.3 Å². The first-order chi connectivity index (χ1) is 7.95. The summed E-state index contributed by atoms with van der Waals surface area (Å²) in [5.74, 6) is 0. The third kappa shape index (κ3) is 3.74. The minimum atomic E-state index is -3.08. The lowest BCUT2D eigenvalue weighted by Gasteiger charge is -2.25. The van der Waals surface area contributed by atoms with Crippen molar-refractivity contribution in [1.29, 1.82) is 0 Å². The van der Waals surface area contributed by atoms with Crippen molar-refractivity contribution in [2.24, 2.45) is 0 Å². The Balaban J connectivity index is 2.77. The maximum Gasteiger partial charge on any atom is 0.327 e. The van der Waals surface area contributed by atoms with Gasteiger partial charge in [-0.2, -0.15) is 0 Å².